The number of carbonyl (C=O) groups is 1. The number of esters is 1. The van der Waals surface area contributed by atoms with Gasteiger partial charge in [-0.1, -0.05) is 24.3 Å². The molecule has 0 aromatic rings. The first-order chi connectivity index (χ1) is 7.56. The maximum absolute atomic E-state index is 11.9. The number of hydrogen-bond donors (Lipinski definition) is 0. The van der Waals surface area contributed by atoms with Crippen LogP contribution in [0.4, 0.5) is 0 Å². The van der Waals surface area contributed by atoms with Crippen molar-refractivity contribution in [3.63, 3.8) is 0 Å². The lowest BCUT2D eigenvalue weighted by atomic mass is 9.96. The molecule has 0 heterocycles. The van der Waals surface area contributed by atoms with Crippen molar-refractivity contribution < 1.29 is 19.0 Å². The normalized spacial score (nSPS) is 32.0. The van der Waals surface area contributed by atoms with Crippen LogP contribution in [0.1, 0.15) is 6.92 Å². The molecule has 1 atom stereocenters. The third kappa shape index (κ3) is 0.825. The Morgan fingerprint density at radius 3 is 1.94 bits per heavy atom. The van der Waals surface area contributed by atoms with Gasteiger partial charge in [-0.15, -0.1) is 0 Å². The van der Waals surface area contributed by atoms with Crippen LogP contribution < -0.4 is 0 Å². The second kappa shape index (κ2) is 3.18. The zero-order valence-corrected chi connectivity index (χ0v) is 9.94. The fourth-order valence-corrected chi connectivity index (χ4v) is 3.06. The van der Waals surface area contributed by atoms with E-state index in [0.29, 0.717) is 0 Å². The molecule has 2 aliphatic rings. The monoisotopic (exact) mass is 224 g/mol. The Labute approximate surface area is 94.9 Å². The van der Waals surface area contributed by atoms with Gasteiger partial charge in [-0.25, -0.2) is 0 Å². The molecule has 0 saturated heterocycles. The summed E-state index contributed by atoms with van der Waals surface area (Å²) in [5, 5.41) is 0. The highest BCUT2D eigenvalue weighted by molar-refractivity contribution is 5.87. The predicted octanol–water partition coefficient (Wildman–Crippen LogP) is 1.28. The van der Waals surface area contributed by atoms with E-state index in [4.69, 9.17) is 14.2 Å². The van der Waals surface area contributed by atoms with E-state index in [1.807, 2.05) is 24.3 Å². The zero-order valence-electron chi connectivity index (χ0n) is 9.94. The summed E-state index contributed by atoms with van der Waals surface area (Å²) in [6, 6.07) is 0. The van der Waals surface area contributed by atoms with Crippen LogP contribution in [-0.4, -0.2) is 33.1 Å². The smallest absolute Gasteiger partial charge is 0.318 e. The number of allylic oxidation sites excluding steroid dienone is 2. The van der Waals surface area contributed by atoms with Gasteiger partial charge in [0, 0.05) is 14.2 Å². The van der Waals surface area contributed by atoms with Gasteiger partial charge in [-0.2, -0.15) is 0 Å². The molecule has 0 N–H and O–H groups in total. The molecular formula is C12H16O4. The molecule has 0 bridgehead atoms. The van der Waals surface area contributed by atoms with Crippen molar-refractivity contribution in [1.29, 1.82) is 0 Å². The molecule has 1 spiro atoms. The van der Waals surface area contributed by atoms with Crippen molar-refractivity contribution >= 4 is 5.97 Å². The maximum Gasteiger partial charge on any atom is 0.318 e. The van der Waals surface area contributed by atoms with E-state index < -0.39 is 16.6 Å². The van der Waals surface area contributed by atoms with Gasteiger partial charge >= 0.3 is 5.97 Å². The average molecular weight is 224 g/mol. The molecule has 1 saturated carbocycles. The SMILES string of the molecule is COC(=O)C1(C)C2(C=CC=C2)C1(OC)OC. The molecular weight excluding hydrogens is 208 g/mol. The van der Waals surface area contributed by atoms with Crippen LogP contribution >= 0.6 is 0 Å². The van der Waals surface area contributed by atoms with E-state index in [9.17, 15) is 4.79 Å². The molecule has 16 heavy (non-hydrogen) atoms. The van der Waals surface area contributed by atoms with Gasteiger partial charge in [-0.05, 0) is 6.92 Å². The fraction of sp³-hybridized carbons (Fsp3) is 0.583. The topological polar surface area (TPSA) is 44.8 Å². The number of hydrogen-bond acceptors (Lipinski definition) is 4. The van der Waals surface area contributed by atoms with Crippen LogP contribution in [0, 0.1) is 10.8 Å². The minimum Gasteiger partial charge on any atom is -0.468 e. The van der Waals surface area contributed by atoms with Gasteiger partial charge < -0.3 is 14.2 Å². The van der Waals surface area contributed by atoms with Gasteiger partial charge in [0.05, 0.1) is 12.5 Å². The van der Waals surface area contributed by atoms with E-state index in [2.05, 4.69) is 0 Å². The van der Waals surface area contributed by atoms with Gasteiger partial charge in [0.2, 0.25) is 0 Å². The largest absolute Gasteiger partial charge is 0.468 e. The summed E-state index contributed by atoms with van der Waals surface area (Å²) in [5.41, 5.74) is -1.38. The molecule has 2 aliphatic carbocycles. The Morgan fingerprint density at radius 2 is 1.56 bits per heavy atom. The van der Waals surface area contributed by atoms with Crippen molar-refractivity contribution in [3.8, 4) is 0 Å². The first-order valence-corrected chi connectivity index (χ1v) is 5.12. The third-order valence-electron chi connectivity index (χ3n) is 3.97. The lowest BCUT2D eigenvalue weighted by molar-refractivity contribution is -0.179. The number of rotatable bonds is 3. The fourth-order valence-electron chi connectivity index (χ4n) is 3.06. The maximum atomic E-state index is 11.9. The van der Waals surface area contributed by atoms with Gasteiger partial charge in [0.25, 0.3) is 0 Å². The highest BCUT2D eigenvalue weighted by Crippen LogP contribution is 2.76. The predicted molar refractivity (Wildman–Crippen MR) is 57.6 cm³/mol. The highest BCUT2D eigenvalue weighted by atomic mass is 16.7. The van der Waals surface area contributed by atoms with Crippen LogP contribution in [-0.2, 0) is 19.0 Å². The summed E-state index contributed by atoms with van der Waals surface area (Å²) < 4.78 is 15.8. The van der Waals surface area contributed by atoms with Crippen LogP contribution in [0.2, 0.25) is 0 Å². The summed E-state index contributed by atoms with van der Waals surface area (Å²) in [5.74, 6) is -1.29. The molecule has 1 unspecified atom stereocenters. The highest BCUT2D eigenvalue weighted by Gasteiger charge is 2.90. The van der Waals surface area contributed by atoms with Gasteiger partial charge in [0.1, 0.15) is 5.41 Å². The Hall–Kier alpha value is -1.13. The van der Waals surface area contributed by atoms with Crippen molar-refractivity contribution in [2.45, 2.75) is 12.7 Å². The summed E-state index contributed by atoms with van der Waals surface area (Å²) in [4.78, 5) is 11.9. The Balaban J connectivity index is 2.51. The molecule has 1 fully saturated rings. The first kappa shape index (κ1) is 11.4. The second-order valence-electron chi connectivity index (χ2n) is 4.23. The van der Waals surface area contributed by atoms with Crippen LogP contribution in [0.15, 0.2) is 24.3 Å². The number of carbonyl (C=O) groups excluding carboxylic acids is 1. The molecule has 0 aliphatic heterocycles. The molecule has 4 nitrogen and oxygen atoms in total. The Morgan fingerprint density at radius 1 is 1.06 bits per heavy atom. The molecule has 0 aromatic heterocycles. The van der Waals surface area contributed by atoms with Crippen LogP contribution in [0.3, 0.4) is 0 Å². The Kier molecular flexibility index (Phi) is 2.26. The van der Waals surface area contributed by atoms with E-state index >= 15 is 0 Å². The van der Waals surface area contributed by atoms with Gasteiger partial charge in [-0.3, -0.25) is 4.79 Å². The summed E-state index contributed by atoms with van der Waals surface area (Å²) in [6.07, 6.45) is 7.63. The van der Waals surface area contributed by atoms with E-state index in [1.54, 1.807) is 21.1 Å². The average Bonchev–Trinajstić information content (AvgIpc) is 2.65. The number of ether oxygens (including phenoxy) is 3. The summed E-state index contributed by atoms with van der Waals surface area (Å²) >= 11 is 0. The molecule has 88 valence electrons. The molecule has 2 rings (SSSR count). The minimum atomic E-state index is -0.962. The van der Waals surface area contributed by atoms with E-state index in [1.165, 1.54) is 7.11 Å². The quantitative estimate of drug-likeness (QED) is 0.535. The molecule has 0 aromatic carbocycles. The van der Waals surface area contributed by atoms with E-state index in [-0.39, 0.29) is 5.97 Å². The second-order valence-corrected chi connectivity index (χ2v) is 4.23. The van der Waals surface area contributed by atoms with Crippen LogP contribution in [0.25, 0.3) is 0 Å². The lowest BCUT2D eigenvalue weighted by Crippen LogP contribution is -2.30. The first-order valence-electron chi connectivity index (χ1n) is 5.12. The molecule has 0 amide bonds. The van der Waals surface area contributed by atoms with Crippen LogP contribution in [0.5, 0.6) is 0 Å². The summed E-state index contributed by atoms with van der Waals surface area (Å²) in [7, 11) is 4.46. The van der Waals surface area contributed by atoms with Crippen molar-refractivity contribution in [2.24, 2.45) is 10.8 Å². The summed E-state index contributed by atoms with van der Waals surface area (Å²) in [6.45, 7) is 1.80. The molecule has 4 heteroatoms. The van der Waals surface area contributed by atoms with Crippen molar-refractivity contribution in [3.05, 3.63) is 24.3 Å². The number of methoxy groups -OCH3 is 3. The van der Waals surface area contributed by atoms with E-state index in [0.717, 1.165) is 0 Å². The third-order valence-corrected chi connectivity index (χ3v) is 3.97. The zero-order chi connectivity index (χ0) is 12.0. The van der Waals surface area contributed by atoms with Crippen molar-refractivity contribution in [1.82, 2.24) is 0 Å². The minimum absolute atomic E-state index is 0.326. The molecule has 0 radical (unpaired) electrons. The van der Waals surface area contributed by atoms with Gasteiger partial charge in [0.15, 0.2) is 5.79 Å². The Bertz CT molecular complexity index is 366. The standard InChI is InChI=1S/C12H16O4/c1-10(9(13)14-2)11(7-5-6-8-11)12(10,15-3)16-4/h5-8H,1-4H3. The van der Waals surface area contributed by atoms with Crippen molar-refractivity contribution in [2.75, 3.05) is 21.3 Å². The lowest BCUT2D eigenvalue weighted by Gasteiger charge is -2.17.